The van der Waals surface area contributed by atoms with Gasteiger partial charge < -0.3 is 24.6 Å². The standard InChI is InChI=1S/C26H33F2N5O4/c1-2-36-22(34)15-29-24(35)16-9-11-32(12-10-16)26-30-21-6-4-3-5-20(21)23(31-26)33-17-7-8-18(33)14-19(13-17)37-25(27)28/h3-6,16-19,25H,2,7-15H2,1H3,(H,29,35)/t17-,18+,19?. The molecule has 5 rings (SSSR count). The second kappa shape index (κ2) is 11.1. The number of nitrogens with one attached hydrogen (secondary N) is 1. The SMILES string of the molecule is CCOC(=O)CNC(=O)C1CCN(c2nc(N3[C@@H]4CC[C@H]3CC(OC(F)F)C4)c3ccccc3n2)CC1. The number of alkyl halides is 2. The van der Waals surface area contributed by atoms with Crippen molar-refractivity contribution < 1.29 is 27.8 Å². The van der Waals surface area contributed by atoms with E-state index in [9.17, 15) is 18.4 Å². The number of anilines is 2. The van der Waals surface area contributed by atoms with Crippen molar-refractivity contribution in [3.05, 3.63) is 24.3 Å². The molecule has 0 radical (unpaired) electrons. The number of ether oxygens (including phenoxy) is 2. The van der Waals surface area contributed by atoms with Crippen molar-refractivity contribution in [1.29, 1.82) is 0 Å². The summed E-state index contributed by atoms with van der Waals surface area (Å²) in [7, 11) is 0. The van der Waals surface area contributed by atoms with Gasteiger partial charge in [0.15, 0.2) is 0 Å². The van der Waals surface area contributed by atoms with Gasteiger partial charge in [-0.05, 0) is 57.6 Å². The average molecular weight is 518 g/mol. The van der Waals surface area contributed by atoms with Gasteiger partial charge in [-0.2, -0.15) is 13.8 Å². The van der Waals surface area contributed by atoms with Crippen LogP contribution < -0.4 is 15.1 Å². The number of carbonyl (C=O) groups is 2. The van der Waals surface area contributed by atoms with Crippen LogP contribution in [0.5, 0.6) is 0 Å². The number of para-hydroxylation sites is 1. The molecule has 37 heavy (non-hydrogen) atoms. The van der Waals surface area contributed by atoms with E-state index in [0.717, 1.165) is 29.6 Å². The number of esters is 1. The number of amides is 1. The number of carbonyl (C=O) groups excluding carboxylic acids is 2. The molecule has 1 unspecified atom stereocenters. The Balaban J connectivity index is 1.31. The molecule has 1 aromatic heterocycles. The lowest BCUT2D eigenvalue weighted by atomic mass is 9.96. The number of fused-ring (bicyclic) bond motifs is 3. The summed E-state index contributed by atoms with van der Waals surface area (Å²) < 4.78 is 35.5. The van der Waals surface area contributed by atoms with Crippen LogP contribution >= 0.6 is 0 Å². The third-order valence-electron chi connectivity index (χ3n) is 7.66. The van der Waals surface area contributed by atoms with Crippen LogP contribution in [0.3, 0.4) is 0 Å². The van der Waals surface area contributed by atoms with Crippen LogP contribution in [0.25, 0.3) is 10.9 Å². The highest BCUT2D eigenvalue weighted by Crippen LogP contribution is 2.42. The van der Waals surface area contributed by atoms with Crippen LogP contribution in [-0.2, 0) is 19.1 Å². The van der Waals surface area contributed by atoms with E-state index in [1.807, 2.05) is 24.3 Å². The summed E-state index contributed by atoms with van der Waals surface area (Å²) in [6, 6.07) is 8.08. The van der Waals surface area contributed by atoms with E-state index in [1.54, 1.807) is 6.92 Å². The van der Waals surface area contributed by atoms with Gasteiger partial charge in [-0.1, -0.05) is 12.1 Å². The van der Waals surface area contributed by atoms with Crippen LogP contribution in [0.1, 0.15) is 45.4 Å². The monoisotopic (exact) mass is 517 g/mol. The molecule has 200 valence electrons. The number of rotatable bonds is 8. The summed E-state index contributed by atoms with van der Waals surface area (Å²) in [5.74, 6) is 0.695. The number of aromatic nitrogens is 2. The predicted octanol–water partition coefficient (Wildman–Crippen LogP) is 3.26. The Morgan fingerprint density at radius 1 is 1.08 bits per heavy atom. The summed E-state index contributed by atoms with van der Waals surface area (Å²) in [4.78, 5) is 38.3. The maximum atomic E-state index is 12.9. The zero-order valence-corrected chi connectivity index (χ0v) is 20.9. The Morgan fingerprint density at radius 3 is 2.46 bits per heavy atom. The Morgan fingerprint density at radius 2 is 1.78 bits per heavy atom. The predicted molar refractivity (Wildman–Crippen MR) is 134 cm³/mol. The van der Waals surface area contributed by atoms with Gasteiger partial charge in [0.25, 0.3) is 0 Å². The fourth-order valence-corrected chi connectivity index (χ4v) is 5.97. The number of hydrogen-bond donors (Lipinski definition) is 1. The first-order chi connectivity index (χ1) is 17.9. The van der Waals surface area contributed by atoms with Crippen molar-refractivity contribution in [2.45, 2.75) is 70.2 Å². The van der Waals surface area contributed by atoms with Gasteiger partial charge in [-0.15, -0.1) is 0 Å². The molecule has 3 atom stereocenters. The Labute approximate surface area is 214 Å². The molecular formula is C26H33F2N5O4. The number of nitrogens with zero attached hydrogens (tertiary/aromatic N) is 4. The minimum Gasteiger partial charge on any atom is -0.465 e. The second-order valence-corrected chi connectivity index (χ2v) is 9.93. The van der Waals surface area contributed by atoms with Gasteiger partial charge in [0.1, 0.15) is 12.4 Å². The van der Waals surface area contributed by atoms with E-state index in [-0.39, 0.29) is 37.1 Å². The fraction of sp³-hybridized carbons (Fsp3) is 0.615. The molecule has 1 amide bonds. The van der Waals surface area contributed by atoms with E-state index in [1.165, 1.54) is 0 Å². The maximum absolute atomic E-state index is 12.9. The van der Waals surface area contributed by atoms with E-state index in [2.05, 4.69) is 15.1 Å². The smallest absolute Gasteiger partial charge is 0.345 e. The summed E-state index contributed by atoms with van der Waals surface area (Å²) >= 11 is 0. The Bertz CT molecular complexity index is 1110. The Kier molecular flexibility index (Phi) is 7.68. The quantitative estimate of drug-likeness (QED) is 0.533. The van der Waals surface area contributed by atoms with E-state index >= 15 is 0 Å². The maximum Gasteiger partial charge on any atom is 0.345 e. The third-order valence-corrected chi connectivity index (χ3v) is 7.66. The van der Waals surface area contributed by atoms with E-state index in [0.29, 0.717) is 44.7 Å². The highest BCUT2D eigenvalue weighted by atomic mass is 19.3. The van der Waals surface area contributed by atoms with Crippen molar-refractivity contribution in [3.63, 3.8) is 0 Å². The van der Waals surface area contributed by atoms with Crippen LogP contribution in [0.2, 0.25) is 0 Å². The fourth-order valence-electron chi connectivity index (χ4n) is 5.97. The first-order valence-corrected chi connectivity index (χ1v) is 13.1. The van der Waals surface area contributed by atoms with Gasteiger partial charge in [0.2, 0.25) is 11.9 Å². The molecule has 0 spiro atoms. The number of piperidine rings is 2. The lowest BCUT2D eigenvalue weighted by Crippen LogP contribution is -2.47. The van der Waals surface area contributed by atoms with Crippen LogP contribution in [0, 0.1) is 5.92 Å². The molecule has 2 bridgehead atoms. The van der Waals surface area contributed by atoms with Crippen molar-refractivity contribution >= 4 is 34.5 Å². The highest BCUT2D eigenvalue weighted by molar-refractivity contribution is 5.91. The van der Waals surface area contributed by atoms with E-state index in [4.69, 9.17) is 19.4 Å². The molecule has 2 aromatic rings. The average Bonchev–Trinajstić information content (AvgIpc) is 3.16. The minimum atomic E-state index is -2.75. The summed E-state index contributed by atoms with van der Waals surface area (Å²) in [5.41, 5.74) is 0.835. The second-order valence-electron chi connectivity index (χ2n) is 9.93. The molecule has 1 aromatic carbocycles. The number of halogens is 2. The molecular weight excluding hydrogens is 484 g/mol. The van der Waals surface area contributed by atoms with Gasteiger partial charge >= 0.3 is 12.6 Å². The topological polar surface area (TPSA) is 96.9 Å². The minimum absolute atomic E-state index is 0.0995. The van der Waals surface area contributed by atoms with Gasteiger partial charge in [0, 0.05) is 36.5 Å². The van der Waals surface area contributed by atoms with Crippen LogP contribution in [0.15, 0.2) is 24.3 Å². The van der Waals surface area contributed by atoms with Gasteiger partial charge in [-0.3, -0.25) is 9.59 Å². The number of benzene rings is 1. The van der Waals surface area contributed by atoms with Crippen LogP contribution in [-0.4, -0.2) is 72.9 Å². The lowest BCUT2D eigenvalue weighted by Gasteiger charge is -2.40. The van der Waals surface area contributed by atoms with Crippen molar-refractivity contribution in [1.82, 2.24) is 15.3 Å². The number of hydrogen-bond acceptors (Lipinski definition) is 8. The summed E-state index contributed by atoms with van der Waals surface area (Å²) in [5, 5.41) is 3.62. The first kappa shape index (κ1) is 25.6. The first-order valence-electron chi connectivity index (χ1n) is 13.1. The largest absolute Gasteiger partial charge is 0.465 e. The highest BCUT2D eigenvalue weighted by Gasteiger charge is 2.43. The Hall–Kier alpha value is -3.08. The molecule has 3 aliphatic rings. The van der Waals surface area contributed by atoms with Gasteiger partial charge in [-0.25, -0.2) is 4.98 Å². The molecule has 0 aliphatic carbocycles. The normalized spacial score (nSPS) is 24.1. The molecule has 3 fully saturated rings. The lowest BCUT2D eigenvalue weighted by molar-refractivity contribution is -0.169. The molecule has 4 heterocycles. The summed E-state index contributed by atoms with van der Waals surface area (Å²) in [6.45, 7) is 0.371. The zero-order valence-electron chi connectivity index (χ0n) is 20.9. The zero-order chi connectivity index (χ0) is 25.9. The van der Waals surface area contributed by atoms with Gasteiger partial charge in [0.05, 0.1) is 18.2 Å². The molecule has 9 nitrogen and oxygen atoms in total. The molecule has 11 heteroatoms. The molecule has 1 N–H and O–H groups in total. The summed E-state index contributed by atoms with van der Waals surface area (Å²) in [6.07, 6.45) is 3.78. The van der Waals surface area contributed by atoms with Crippen LogP contribution in [0.4, 0.5) is 20.5 Å². The van der Waals surface area contributed by atoms with E-state index < -0.39 is 18.7 Å². The molecule has 0 saturated carbocycles. The third kappa shape index (κ3) is 5.61. The van der Waals surface area contributed by atoms with Crippen molar-refractivity contribution in [2.24, 2.45) is 5.92 Å². The molecule has 3 aliphatic heterocycles. The molecule has 3 saturated heterocycles. The van der Waals surface area contributed by atoms with Crippen molar-refractivity contribution in [3.8, 4) is 0 Å². The van der Waals surface area contributed by atoms with Crippen molar-refractivity contribution in [2.75, 3.05) is 36.0 Å².